The Morgan fingerprint density at radius 1 is 1.09 bits per heavy atom. The number of carbonyl (C=O) groups is 2. The molecule has 0 unspecified atom stereocenters. The number of rotatable bonds is 5. The zero-order valence-corrected chi connectivity index (χ0v) is 16.9. The maximum absolute atomic E-state index is 12.7. The quantitative estimate of drug-likeness (QED) is 0.672. The first-order chi connectivity index (χ1) is 15.2. The Morgan fingerprint density at radius 3 is 2.22 bits per heavy atom. The van der Waals surface area contributed by atoms with E-state index in [1.54, 1.807) is 24.3 Å². The fourth-order valence-corrected chi connectivity index (χ4v) is 2.86. The van der Waals surface area contributed by atoms with Gasteiger partial charge in [-0.05, 0) is 41.8 Å². The fraction of sp³-hybridized carbons (Fsp3) is 0.273. The number of nitrogens with zero attached hydrogens (tertiary/aromatic N) is 1. The lowest BCUT2D eigenvalue weighted by atomic mass is 9.99. The average molecular weight is 454 g/mol. The van der Waals surface area contributed by atoms with E-state index in [0.717, 1.165) is 13.0 Å². The minimum atomic E-state index is -5.08. The highest BCUT2D eigenvalue weighted by Crippen LogP contribution is 2.21. The molecule has 0 aliphatic carbocycles. The number of ether oxygens (including phenoxy) is 1. The Kier molecular flexibility index (Phi) is 8.77. The number of fused-ring (bicyclic) bond motifs is 1. The number of amides is 1. The largest absolute Gasteiger partial charge is 0.490 e. The van der Waals surface area contributed by atoms with Crippen LogP contribution in [0.3, 0.4) is 0 Å². The first-order valence-electron chi connectivity index (χ1n) is 9.53. The number of hydrogen-bond acceptors (Lipinski definition) is 4. The third-order valence-electron chi connectivity index (χ3n) is 4.60. The number of nitrogens with two attached hydrogens (primary N) is 1. The lowest BCUT2D eigenvalue weighted by Gasteiger charge is -2.29. The third-order valence-corrected chi connectivity index (χ3v) is 4.60. The summed E-state index contributed by atoms with van der Waals surface area (Å²) < 4.78 is 49.7. The Hall–Kier alpha value is -3.40. The van der Waals surface area contributed by atoms with Crippen LogP contribution in [-0.2, 0) is 17.8 Å². The zero-order chi connectivity index (χ0) is 23.7. The number of benzene rings is 2. The topological polar surface area (TPSA) is 92.9 Å². The summed E-state index contributed by atoms with van der Waals surface area (Å²) in [4.78, 5) is 23.4. The Labute approximate surface area is 181 Å². The highest BCUT2D eigenvalue weighted by molar-refractivity contribution is 5.94. The molecule has 10 heteroatoms. The van der Waals surface area contributed by atoms with Gasteiger partial charge in [-0.2, -0.15) is 13.2 Å². The van der Waals surface area contributed by atoms with E-state index in [9.17, 15) is 22.4 Å². The minimum absolute atomic E-state index is 0.00681. The van der Waals surface area contributed by atoms with Crippen LogP contribution in [-0.4, -0.2) is 47.8 Å². The van der Waals surface area contributed by atoms with Gasteiger partial charge in [0.2, 0.25) is 0 Å². The van der Waals surface area contributed by atoms with E-state index in [2.05, 4.69) is 12.1 Å². The molecule has 3 N–H and O–H groups in total. The summed E-state index contributed by atoms with van der Waals surface area (Å²) in [5.41, 5.74) is 8.90. The molecule has 0 spiro atoms. The Bertz CT molecular complexity index is 959. The van der Waals surface area contributed by atoms with Crippen LogP contribution in [0.4, 0.5) is 17.6 Å². The first kappa shape index (κ1) is 24.9. The molecule has 6 nitrogen and oxygen atoms in total. The van der Waals surface area contributed by atoms with Gasteiger partial charge in [0.1, 0.15) is 12.4 Å². The molecule has 3 rings (SSSR count). The standard InChI is InChI=1S/C20H21FN2O2.C2HF3O2/c21-11-15(12-22)14-25-19-7-5-17(6-8-19)20(24)23-10-9-16-3-1-2-4-18(16)13-23;3-2(4,5)1(6)7/h1-8,11H,9-10,12-14,22H2;(H,6,7)/b15-11+;. The van der Waals surface area contributed by atoms with Crippen LogP contribution in [0.5, 0.6) is 5.75 Å². The van der Waals surface area contributed by atoms with Gasteiger partial charge in [-0.25, -0.2) is 9.18 Å². The summed E-state index contributed by atoms with van der Waals surface area (Å²) in [6.45, 7) is 1.57. The SMILES string of the molecule is NC/C(=C\F)COc1ccc(C(=O)N2CCc3ccccc3C2)cc1.O=C(O)C(F)(F)F. The van der Waals surface area contributed by atoms with Crippen LogP contribution in [0.1, 0.15) is 21.5 Å². The molecule has 172 valence electrons. The van der Waals surface area contributed by atoms with E-state index in [-0.39, 0.29) is 19.1 Å². The molecule has 0 aromatic heterocycles. The zero-order valence-electron chi connectivity index (χ0n) is 16.9. The molecule has 0 radical (unpaired) electrons. The van der Waals surface area contributed by atoms with E-state index in [0.29, 0.717) is 29.8 Å². The van der Waals surface area contributed by atoms with Crippen LogP contribution in [0.2, 0.25) is 0 Å². The van der Waals surface area contributed by atoms with Crippen molar-refractivity contribution in [3.63, 3.8) is 0 Å². The number of carbonyl (C=O) groups excluding carboxylic acids is 1. The van der Waals surface area contributed by atoms with Gasteiger partial charge in [0.05, 0.1) is 6.33 Å². The van der Waals surface area contributed by atoms with Gasteiger partial charge in [-0.1, -0.05) is 24.3 Å². The van der Waals surface area contributed by atoms with Crippen LogP contribution >= 0.6 is 0 Å². The van der Waals surface area contributed by atoms with Crippen molar-refractivity contribution in [2.75, 3.05) is 19.7 Å². The molecule has 1 amide bonds. The molecule has 0 atom stereocenters. The smallest absolute Gasteiger partial charge is 0.489 e. The van der Waals surface area contributed by atoms with Crippen molar-refractivity contribution >= 4 is 11.9 Å². The summed E-state index contributed by atoms with van der Waals surface area (Å²) in [5.74, 6) is -2.17. The van der Waals surface area contributed by atoms with Gasteiger partial charge in [-0.3, -0.25) is 4.79 Å². The molecule has 2 aromatic rings. The monoisotopic (exact) mass is 454 g/mol. The predicted octanol–water partition coefficient (Wildman–Crippen LogP) is 3.71. The number of aliphatic carboxylic acids is 1. The van der Waals surface area contributed by atoms with E-state index in [1.807, 2.05) is 17.0 Å². The lowest BCUT2D eigenvalue weighted by molar-refractivity contribution is -0.192. The van der Waals surface area contributed by atoms with Gasteiger partial charge in [0.15, 0.2) is 0 Å². The van der Waals surface area contributed by atoms with Crippen LogP contribution in [0, 0.1) is 0 Å². The van der Waals surface area contributed by atoms with Crippen molar-refractivity contribution in [1.29, 1.82) is 0 Å². The summed E-state index contributed by atoms with van der Waals surface area (Å²) in [5, 5.41) is 7.12. The number of hydrogen-bond donors (Lipinski definition) is 2. The number of carboxylic acid groups (broad SMARTS) is 1. The molecule has 32 heavy (non-hydrogen) atoms. The molecule has 1 aliphatic rings. The van der Waals surface area contributed by atoms with Gasteiger partial charge in [0, 0.05) is 30.8 Å². The van der Waals surface area contributed by atoms with Gasteiger partial charge < -0.3 is 20.5 Å². The maximum Gasteiger partial charge on any atom is 0.490 e. The molecular weight excluding hydrogens is 432 g/mol. The van der Waals surface area contributed by atoms with Gasteiger partial charge >= 0.3 is 12.1 Å². The highest BCUT2D eigenvalue weighted by Gasteiger charge is 2.38. The van der Waals surface area contributed by atoms with Gasteiger partial charge in [-0.15, -0.1) is 0 Å². The van der Waals surface area contributed by atoms with Crippen molar-refractivity contribution < 1.29 is 37.0 Å². The van der Waals surface area contributed by atoms with Gasteiger partial charge in [0.25, 0.3) is 5.91 Å². The van der Waals surface area contributed by atoms with Crippen LogP contribution in [0.15, 0.2) is 60.4 Å². The molecule has 1 heterocycles. The number of carboxylic acids is 1. The van der Waals surface area contributed by atoms with E-state index in [1.165, 1.54) is 11.1 Å². The summed E-state index contributed by atoms with van der Waals surface area (Å²) >= 11 is 0. The molecule has 0 bridgehead atoms. The second-order valence-electron chi connectivity index (χ2n) is 6.83. The maximum atomic E-state index is 12.7. The first-order valence-corrected chi connectivity index (χ1v) is 9.53. The van der Waals surface area contributed by atoms with Crippen molar-refractivity contribution in [3.05, 3.63) is 77.1 Å². The normalized spacial score (nSPS) is 13.5. The molecule has 1 aliphatic heterocycles. The molecule has 2 aromatic carbocycles. The van der Waals surface area contributed by atoms with Crippen molar-refractivity contribution in [1.82, 2.24) is 4.90 Å². The summed E-state index contributed by atoms with van der Waals surface area (Å²) in [7, 11) is 0. The Balaban J connectivity index is 0.000000451. The van der Waals surface area contributed by atoms with Crippen molar-refractivity contribution in [2.45, 2.75) is 19.1 Å². The fourth-order valence-electron chi connectivity index (χ4n) is 2.86. The van der Waals surface area contributed by atoms with E-state index in [4.69, 9.17) is 20.4 Å². The Morgan fingerprint density at radius 2 is 1.69 bits per heavy atom. The molecular formula is C22H22F4N2O4. The summed E-state index contributed by atoms with van der Waals surface area (Å²) in [6.07, 6.45) is -3.74. The summed E-state index contributed by atoms with van der Waals surface area (Å²) in [6, 6.07) is 15.1. The van der Waals surface area contributed by atoms with Crippen molar-refractivity contribution in [2.24, 2.45) is 5.73 Å². The number of halogens is 4. The molecule has 0 fully saturated rings. The van der Waals surface area contributed by atoms with Crippen LogP contribution in [0.25, 0.3) is 0 Å². The van der Waals surface area contributed by atoms with Crippen molar-refractivity contribution in [3.8, 4) is 5.75 Å². The van der Waals surface area contributed by atoms with Crippen LogP contribution < -0.4 is 10.5 Å². The third kappa shape index (κ3) is 7.09. The second kappa shape index (κ2) is 11.3. The number of alkyl halides is 3. The minimum Gasteiger partial charge on any atom is -0.489 e. The average Bonchev–Trinajstić information content (AvgIpc) is 2.79. The second-order valence-corrected chi connectivity index (χ2v) is 6.83. The predicted molar refractivity (Wildman–Crippen MR) is 109 cm³/mol. The molecule has 0 saturated heterocycles. The van der Waals surface area contributed by atoms with E-state index >= 15 is 0 Å². The lowest BCUT2D eigenvalue weighted by Crippen LogP contribution is -2.35. The highest BCUT2D eigenvalue weighted by atomic mass is 19.4. The molecule has 0 saturated carbocycles. The van der Waals surface area contributed by atoms with E-state index < -0.39 is 12.1 Å².